The summed E-state index contributed by atoms with van der Waals surface area (Å²) in [6, 6.07) is 4.68. The lowest BCUT2D eigenvalue weighted by Gasteiger charge is -2.12. The lowest BCUT2D eigenvalue weighted by atomic mass is 10.1. The monoisotopic (exact) mass is 207 g/mol. The molecule has 0 amide bonds. The number of nitrogens with two attached hydrogens (primary N) is 1. The van der Waals surface area contributed by atoms with Crippen LogP contribution in [-0.2, 0) is 6.42 Å². The number of nitrogens with zero attached hydrogens (tertiary/aromatic N) is 1. The van der Waals surface area contributed by atoms with E-state index in [-0.39, 0.29) is 0 Å². The molecule has 0 aliphatic heterocycles. The first kappa shape index (κ1) is 12.1. The summed E-state index contributed by atoms with van der Waals surface area (Å²) < 4.78 is 0. The number of pyridine rings is 1. The third-order valence-electron chi connectivity index (χ3n) is 2.48. The lowest BCUT2D eigenvalue weighted by molar-refractivity contribution is 0.511. The highest BCUT2D eigenvalue weighted by Gasteiger charge is 1.98. The minimum Gasteiger partial charge on any atom is -0.330 e. The van der Waals surface area contributed by atoms with Gasteiger partial charge in [-0.2, -0.15) is 0 Å². The van der Waals surface area contributed by atoms with Gasteiger partial charge in [0.05, 0.1) is 0 Å². The minimum atomic E-state index is 0.535. The summed E-state index contributed by atoms with van der Waals surface area (Å²) >= 11 is 0. The Morgan fingerprint density at radius 3 is 2.80 bits per heavy atom. The molecular formula is C12H21N3. The van der Waals surface area contributed by atoms with Gasteiger partial charge in [0.25, 0.3) is 0 Å². The number of nitrogens with one attached hydrogen (secondary N) is 1. The summed E-state index contributed by atoms with van der Waals surface area (Å²) in [4.78, 5) is 4.00. The van der Waals surface area contributed by atoms with Gasteiger partial charge in [-0.1, -0.05) is 0 Å². The van der Waals surface area contributed by atoms with Crippen LogP contribution in [0.4, 0.5) is 0 Å². The van der Waals surface area contributed by atoms with Crippen molar-refractivity contribution in [1.82, 2.24) is 10.3 Å². The number of hydrogen-bond acceptors (Lipinski definition) is 3. The van der Waals surface area contributed by atoms with Gasteiger partial charge < -0.3 is 11.1 Å². The molecule has 1 heterocycles. The third kappa shape index (κ3) is 5.50. The maximum absolute atomic E-state index is 5.48. The Hall–Kier alpha value is -0.930. The molecular weight excluding hydrogens is 186 g/mol. The van der Waals surface area contributed by atoms with Crippen LogP contribution in [0.3, 0.4) is 0 Å². The Morgan fingerprint density at radius 2 is 2.13 bits per heavy atom. The average Bonchev–Trinajstić information content (AvgIpc) is 2.26. The molecule has 15 heavy (non-hydrogen) atoms. The molecule has 0 saturated carbocycles. The summed E-state index contributed by atoms with van der Waals surface area (Å²) in [6.07, 6.45) is 7.03. The molecule has 1 aromatic heterocycles. The summed E-state index contributed by atoms with van der Waals surface area (Å²) in [5.41, 5.74) is 6.84. The van der Waals surface area contributed by atoms with E-state index in [4.69, 9.17) is 5.73 Å². The zero-order valence-electron chi connectivity index (χ0n) is 9.45. The Bertz CT molecular complexity index is 248. The van der Waals surface area contributed by atoms with Gasteiger partial charge in [-0.3, -0.25) is 4.98 Å². The number of aromatic nitrogens is 1. The lowest BCUT2D eigenvalue weighted by Crippen LogP contribution is -2.29. The van der Waals surface area contributed by atoms with E-state index in [9.17, 15) is 0 Å². The van der Waals surface area contributed by atoms with Crippen molar-refractivity contribution in [2.24, 2.45) is 5.73 Å². The van der Waals surface area contributed by atoms with Crippen LogP contribution in [0.5, 0.6) is 0 Å². The van der Waals surface area contributed by atoms with E-state index in [1.54, 1.807) is 0 Å². The molecule has 1 unspecified atom stereocenters. The SMILES string of the molecule is CC(CCN)NCCCc1ccncc1. The molecule has 1 atom stereocenters. The highest BCUT2D eigenvalue weighted by atomic mass is 14.9. The fourth-order valence-electron chi connectivity index (χ4n) is 1.54. The van der Waals surface area contributed by atoms with Crippen molar-refractivity contribution in [2.45, 2.75) is 32.2 Å². The topological polar surface area (TPSA) is 50.9 Å². The van der Waals surface area contributed by atoms with Gasteiger partial charge in [-0.05, 0) is 57.0 Å². The molecule has 3 N–H and O–H groups in total. The van der Waals surface area contributed by atoms with E-state index in [2.05, 4.69) is 29.4 Å². The predicted octanol–water partition coefficient (Wildman–Crippen LogP) is 1.34. The minimum absolute atomic E-state index is 0.535. The van der Waals surface area contributed by atoms with Crippen LogP contribution in [0.2, 0.25) is 0 Å². The molecule has 84 valence electrons. The largest absolute Gasteiger partial charge is 0.330 e. The molecule has 1 rings (SSSR count). The molecule has 3 nitrogen and oxygen atoms in total. The summed E-state index contributed by atoms with van der Waals surface area (Å²) in [5, 5.41) is 3.46. The molecule has 0 fully saturated rings. The molecule has 0 aromatic carbocycles. The van der Waals surface area contributed by atoms with E-state index in [1.165, 1.54) is 12.0 Å². The van der Waals surface area contributed by atoms with Gasteiger partial charge in [-0.15, -0.1) is 0 Å². The van der Waals surface area contributed by atoms with Crippen molar-refractivity contribution in [3.05, 3.63) is 30.1 Å². The Morgan fingerprint density at radius 1 is 1.40 bits per heavy atom. The van der Waals surface area contributed by atoms with E-state index >= 15 is 0 Å². The van der Waals surface area contributed by atoms with Gasteiger partial charge in [0.2, 0.25) is 0 Å². The summed E-state index contributed by atoms with van der Waals surface area (Å²) in [5.74, 6) is 0. The van der Waals surface area contributed by atoms with Crippen LogP contribution in [0.1, 0.15) is 25.3 Å². The quantitative estimate of drug-likeness (QED) is 0.663. The van der Waals surface area contributed by atoms with Crippen LogP contribution >= 0.6 is 0 Å². The van der Waals surface area contributed by atoms with Crippen molar-refractivity contribution >= 4 is 0 Å². The Balaban J connectivity index is 2.07. The average molecular weight is 207 g/mol. The molecule has 0 aliphatic rings. The summed E-state index contributed by atoms with van der Waals surface area (Å²) in [6.45, 7) is 4.00. The van der Waals surface area contributed by atoms with Crippen LogP contribution in [-0.4, -0.2) is 24.1 Å². The van der Waals surface area contributed by atoms with Crippen LogP contribution < -0.4 is 11.1 Å². The smallest absolute Gasteiger partial charge is 0.0270 e. The molecule has 3 heteroatoms. The summed E-state index contributed by atoms with van der Waals surface area (Å²) in [7, 11) is 0. The van der Waals surface area contributed by atoms with Gasteiger partial charge in [0.1, 0.15) is 0 Å². The zero-order chi connectivity index (χ0) is 10.9. The van der Waals surface area contributed by atoms with Crippen molar-refractivity contribution in [3.63, 3.8) is 0 Å². The van der Waals surface area contributed by atoms with Crippen molar-refractivity contribution in [3.8, 4) is 0 Å². The molecule has 0 bridgehead atoms. The first-order chi connectivity index (χ1) is 7.33. The van der Waals surface area contributed by atoms with Gasteiger partial charge in [0, 0.05) is 18.4 Å². The maximum Gasteiger partial charge on any atom is 0.0270 e. The fraction of sp³-hybridized carbons (Fsp3) is 0.583. The highest BCUT2D eigenvalue weighted by Crippen LogP contribution is 2.00. The first-order valence-electron chi connectivity index (χ1n) is 5.65. The van der Waals surface area contributed by atoms with Gasteiger partial charge in [-0.25, -0.2) is 0 Å². The zero-order valence-corrected chi connectivity index (χ0v) is 9.45. The normalized spacial score (nSPS) is 12.7. The van der Waals surface area contributed by atoms with Crippen molar-refractivity contribution in [2.75, 3.05) is 13.1 Å². The number of rotatable bonds is 7. The highest BCUT2D eigenvalue weighted by molar-refractivity contribution is 5.09. The van der Waals surface area contributed by atoms with Crippen LogP contribution in [0.25, 0.3) is 0 Å². The van der Waals surface area contributed by atoms with Gasteiger partial charge >= 0.3 is 0 Å². The first-order valence-corrected chi connectivity index (χ1v) is 5.65. The maximum atomic E-state index is 5.48. The second-order valence-corrected chi connectivity index (χ2v) is 3.89. The van der Waals surface area contributed by atoms with Crippen molar-refractivity contribution < 1.29 is 0 Å². The van der Waals surface area contributed by atoms with Crippen LogP contribution in [0.15, 0.2) is 24.5 Å². The van der Waals surface area contributed by atoms with E-state index in [1.807, 2.05) is 12.4 Å². The molecule has 0 spiro atoms. The van der Waals surface area contributed by atoms with Crippen LogP contribution in [0, 0.1) is 0 Å². The van der Waals surface area contributed by atoms with Crippen molar-refractivity contribution in [1.29, 1.82) is 0 Å². The second-order valence-electron chi connectivity index (χ2n) is 3.89. The standard InChI is InChI=1S/C12H21N3/c1-11(4-7-13)15-8-2-3-12-5-9-14-10-6-12/h5-6,9-11,15H,2-4,7-8,13H2,1H3. The van der Waals surface area contributed by atoms with Gasteiger partial charge in [0.15, 0.2) is 0 Å². The molecule has 0 aliphatic carbocycles. The van der Waals surface area contributed by atoms with E-state index < -0.39 is 0 Å². The Labute approximate surface area is 92.1 Å². The number of aryl methyl sites for hydroxylation is 1. The number of hydrogen-bond donors (Lipinski definition) is 2. The van der Waals surface area contributed by atoms with E-state index in [0.717, 1.165) is 25.9 Å². The molecule has 0 saturated heterocycles. The third-order valence-corrected chi connectivity index (χ3v) is 2.48. The molecule has 1 aromatic rings. The molecule has 0 radical (unpaired) electrons. The fourth-order valence-corrected chi connectivity index (χ4v) is 1.54. The van der Waals surface area contributed by atoms with E-state index in [0.29, 0.717) is 6.04 Å². The second kappa shape index (κ2) is 7.37. The Kier molecular flexibility index (Phi) is 5.97. The predicted molar refractivity (Wildman–Crippen MR) is 63.7 cm³/mol.